The number of hydrogen-bond acceptors (Lipinski definition) is 3. The summed E-state index contributed by atoms with van der Waals surface area (Å²) >= 11 is 8.21. The zero-order valence-electron chi connectivity index (χ0n) is 10.4. The number of carbonyl (C=O) groups excluding carboxylic acids is 2. The predicted octanol–water partition coefficient (Wildman–Crippen LogP) is 2.61. The van der Waals surface area contributed by atoms with Crippen LogP contribution in [-0.2, 0) is 14.3 Å². The summed E-state index contributed by atoms with van der Waals surface area (Å²) in [5.41, 5.74) is 0.569. The molecule has 0 aliphatic carbocycles. The second kappa shape index (κ2) is 4.42. The van der Waals surface area contributed by atoms with Crippen molar-refractivity contribution in [1.29, 1.82) is 0 Å². The standard InChI is InChI=1S/C14H11ClINO3/c15-7-5-6(1-2-8(7)16)17-13(18)11-9-3-4-10(20-9)12(11)14(17)19/h1-2,5,9-12H,3-4H2/t9-,10+,11-,12+. The normalized spacial score (nSPS) is 35.0. The first kappa shape index (κ1) is 13.0. The number of anilines is 1. The molecule has 20 heavy (non-hydrogen) atoms. The molecule has 2 amide bonds. The highest BCUT2D eigenvalue weighted by Gasteiger charge is 2.62. The van der Waals surface area contributed by atoms with Crippen molar-refractivity contribution in [1.82, 2.24) is 0 Å². The molecule has 4 atom stereocenters. The monoisotopic (exact) mass is 403 g/mol. The number of imide groups is 1. The molecule has 4 rings (SSSR count). The van der Waals surface area contributed by atoms with Crippen LogP contribution in [0.2, 0.25) is 5.02 Å². The van der Waals surface area contributed by atoms with Gasteiger partial charge in [-0.25, -0.2) is 4.90 Å². The maximum atomic E-state index is 12.6. The maximum absolute atomic E-state index is 12.6. The zero-order valence-corrected chi connectivity index (χ0v) is 13.3. The molecule has 104 valence electrons. The lowest BCUT2D eigenvalue weighted by molar-refractivity contribution is -0.124. The van der Waals surface area contributed by atoms with E-state index in [1.165, 1.54) is 4.90 Å². The maximum Gasteiger partial charge on any atom is 0.240 e. The molecule has 0 saturated carbocycles. The summed E-state index contributed by atoms with van der Waals surface area (Å²) in [6.45, 7) is 0. The number of halogens is 2. The Morgan fingerprint density at radius 2 is 1.75 bits per heavy atom. The number of carbonyl (C=O) groups is 2. The van der Waals surface area contributed by atoms with Gasteiger partial charge < -0.3 is 4.74 Å². The Labute approximate surface area is 134 Å². The van der Waals surface area contributed by atoms with Gasteiger partial charge in [0.05, 0.1) is 34.8 Å². The average molecular weight is 404 g/mol. The van der Waals surface area contributed by atoms with Gasteiger partial charge in [-0.2, -0.15) is 0 Å². The third-order valence-electron chi connectivity index (χ3n) is 4.45. The molecule has 0 aromatic heterocycles. The zero-order chi connectivity index (χ0) is 14.0. The summed E-state index contributed by atoms with van der Waals surface area (Å²) in [5, 5.41) is 0.556. The van der Waals surface area contributed by atoms with Gasteiger partial charge in [-0.3, -0.25) is 9.59 Å². The van der Waals surface area contributed by atoms with E-state index in [0.29, 0.717) is 10.7 Å². The fourth-order valence-corrected chi connectivity index (χ4v) is 4.10. The van der Waals surface area contributed by atoms with E-state index in [2.05, 4.69) is 22.6 Å². The van der Waals surface area contributed by atoms with Crippen LogP contribution < -0.4 is 4.90 Å². The van der Waals surface area contributed by atoms with Crippen LogP contribution in [0.25, 0.3) is 0 Å². The molecule has 4 nitrogen and oxygen atoms in total. The Hall–Kier alpha value is -0.660. The number of rotatable bonds is 1. The van der Waals surface area contributed by atoms with Crippen molar-refractivity contribution in [2.75, 3.05) is 4.90 Å². The number of amides is 2. The van der Waals surface area contributed by atoms with E-state index in [0.717, 1.165) is 16.4 Å². The molecule has 1 aromatic rings. The van der Waals surface area contributed by atoms with E-state index in [1.807, 2.05) is 6.07 Å². The molecule has 0 spiro atoms. The summed E-state index contributed by atoms with van der Waals surface area (Å²) in [6.07, 6.45) is 1.61. The lowest BCUT2D eigenvalue weighted by atomic mass is 9.81. The number of benzene rings is 1. The third kappa shape index (κ3) is 1.63. The molecule has 3 aliphatic heterocycles. The smallest absolute Gasteiger partial charge is 0.240 e. The Morgan fingerprint density at radius 1 is 1.15 bits per heavy atom. The van der Waals surface area contributed by atoms with E-state index < -0.39 is 0 Å². The Morgan fingerprint density at radius 3 is 2.30 bits per heavy atom. The molecule has 1 aromatic carbocycles. The van der Waals surface area contributed by atoms with Crippen LogP contribution in [0.15, 0.2) is 18.2 Å². The van der Waals surface area contributed by atoms with Gasteiger partial charge in [0.1, 0.15) is 0 Å². The van der Waals surface area contributed by atoms with E-state index in [9.17, 15) is 9.59 Å². The second-order valence-corrected chi connectivity index (χ2v) is 7.02. The first-order valence-corrected chi connectivity index (χ1v) is 8.02. The van der Waals surface area contributed by atoms with Gasteiger partial charge in [-0.05, 0) is 53.6 Å². The number of fused-ring (bicyclic) bond motifs is 5. The van der Waals surface area contributed by atoms with Crippen LogP contribution in [0.4, 0.5) is 5.69 Å². The lowest BCUT2D eigenvalue weighted by Crippen LogP contribution is -2.34. The molecule has 2 bridgehead atoms. The highest BCUT2D eigenvalue weighted by molar-refractivity contribution is 14.1. The highest BCUT2D eigenvalue weighted by atomic mass is 127. The van der Waals surface area contributed by atoms with Gasteiger partial charge >= 0.3 is 0 Å². The van der Waals surface area contributed by atoms with Crippen LogP contribution >= 0.6 is 34.2 Å². The second-order valence-electron chi connectivity index (χ2n) is 5.45. The summed E-state index contributed by atoms with van der Waals surface area (Å²) in [7, 11) is 0. The minimum absolute atomic E-state index is 0.0780. The largest absolute Gasteiger partial charge is 0.373 e. The quantitative estimate of drug-likeness (QED) is 0.535. The molecule has 0 unspecified atom stereocenters. The van der Waals surface area contributed by atoms with Crippen molar-refractivity contribution >= 4 is 51.7 Å². The Kier molecular flexibility index (Phi) is 2.88. The van der Waals surface area contributed by atoms with Gasteiger partial charge in [0.25, 0.3) is 0 Å². The first-order chi connectivity index (χ1) is 9.58. The Bertz CT molecular complexity index is 607. The minimum Gasteiger partial charge on any atom is -0.373 e. The molecule has 3 heterocycles. The lowest BCUT2D eigenvalue weighted by Gasteiger charge is -2.18. The van der Waals surface area contributed by atoms with Crippen LogP contribution in [0, 0.1) is 15.4 Å². The van der Waals surface area contributed by atoms with E-state index in [-0.39, 0.29) is 35.9 Å². The molecule has 0 N–H and O–H groups in total. The molecule has 0 radical (unpaired) electrons. The molecular formula is C14H11ClINO3. The van der Waals surface area contributed by atoms with Gasteiger partial charge in [0.2, 0.25) is 11.8 Å². The van der Waals surface area contributed by atoms with Crippen molar-refractivity contribution in [2.24, 2.45) is 11.8 Å². The van der Waals surface area contributed by atoms with E-state index in [4.69, 9.17) is 16.3 Å². The van der Waals surface area contributed by atoms with Crippen molar-refractivity contribution in [3.05, 3.63) is 26.8 Å². The summed E-state index contributed by atoms with van der Waals surface area (Å²) in [5.74, 6) is -0.854. The molecule has 3 saturated heterocycles. The van der Waals surface area contributed by atoms with E-state index >= 15 is 0 Å². The third-order valence-corrected chi connectivity index (χ3v) is 6.02. The number of hydrogen-bond donors (Lipinski definition) is 0. The van der Waals surface area contributed by atoms with Crippen molar-refractivity contribution < 1.29 is 14.3 Å². The SMILES string of the molecule is O=C1[C@@H]2[C@H](C(=O)N1c1ccc(I)c(Cl)c1)[C@H]1CC[C@@H]2O1. The van der Waals surface area contributed by atoms with Gasteiger partial charge in [0.15, 0.2) is 0 Å². The summed E-state index contributed by atoms with van der Waals surface area (Å²) < 4.78 is 6.61. The highest BCUT2D eigenvalue weighted by Crippen LogP contribution is 2.49. The topological polar surface area (TPSA) is 46.6 Å². The summed E-state index contributed by atoms with van der Waals surface area (Å²) in [4.78, 5) is 26.4. The number of nitrogens with zero attached hydrogens (tertiary/aromatic N) is 1. The molecule has 6 heteroatoms. The minimum atomic E-state index is -0.292. The molecular weight excluding hydrogens is 393 g/mol. The van der Waals surface area contributed by atoms with Crippen LogP contribution in [0.1, 0.15) is 12.8 Å². The van der Waals surface area contributed by atoms with Crippen molar-refractivity contribution in [3.63, 3.8) is 0 Å². The predicted molar refractivity (Wildman–Crippen MR) is 81.5 cm³/mol. The fourth-order valence-electron chi connectivity index (χ4n) is 3.59. The van der Waals surface area contributed by atoms with Crippen LogP contribution in [0.5, 0.6) is 0 Å². The average Bonchev–Trinajstić information content (AvgIpc) is 3.08. The fraction of sp³-hybridized carbons (Fsp3) is 0.429. The van der Waals surface area contributed by atoms with Gasteiger partial charge in [-0.1, -0.05) is 11.6 Å². The van der Waals surface area contributed by atoms with Crippen LogP contribution in [0.3, 0.4) is 0 Å². The first-order valence-electron chi connectivity index (χ1n) is 6.56. The van der Waals surface area contributed by atoms with Gasteiger partial charge in [0, 0.05) is 3.57 Å². The molecule has 3 fully saturated rings. The van der Waals surface area contributed by atoms with Crippen LogP contribution in [-0.4, -0.2) is 24.0 Å². The summed E-state index contributed by atoms with van der Waals surface area (Å²) in [6, 6.07) is 5.27. The van der Waals surface area contributed by atoms with E-state index in [1.54, 1.807) is 12.1 Å². The van der Waals surface area contributed by atoms with Crippen molar-refractivity contribution in [3.8, 4) is 0 Å². The molecule has 3 aliphatic rings. The van der Waals surface area contributed by atoms with Gasteiger partial charge in [-0.15, -0.1) is 0 Å². The Balaban J connectivity index is 1.74. The van der Waals surface area contributed by atoms with Crippen molar-refractivity contribution in [2.45, 2.75) is 25.0 Å². The number of ether oxygens (including phenoxy) is 1.